The van der Waals surface area contributed by atoms with Crippen molar-refractivity contribution in [2.45, 2.75) is 25.2 Å². The minimum Gasteiger partial charge on any atom is -0.493 e. The first-order valence-electron chi connectivity index (χ1n) is 11.3. The number of likely N-dealkylation sites (tertiary alicyclic amines) is 1. The van der Waals surface area contributed by atoms with Gasteiger partial charge in [0.05, 0.1) is 20.8 Å². The number of aromatic nitrogens is 2. The van der Waals surface area contributed by atoms with E-state index in [2.05, 4.69) is 20.4 Å². The lowest BCUT2D eigenvalue weighted by molar-refractivity contribution is -0.122. The Hall–Kier alpha value is -3.46. The predicted octanol–water partition coefficient (Wildman–Crippen LogP) is 3.43. The molecule has 1 fully saturated rings. The molecular formula is C25H29FN4O4. The van der Waals surface area contributed by atoms with E-state index in [1.165, 1.54) is 12.1 Å². The van der Waals surface area contributed by atoms with Crippen molar-refractivity contribution in [3.8, 4) is 23.0 Å². The van der Waals surface area contributed by atoms with Gasteiger partial charge in [0.25, 0.3) is 0 Å². The Morgan fingerprint density at radius 3 is 2.53 bits per heavy atom. The molecule has 2 heterocycles. The molecule has 0 unspecified atom stereocenters. The van der Waals surface area contributed by atoms with Crippen LogP contribution in [0.5, 0.6) is 11.5 Å². The van der Waals surface area contributed by atoms with Crippen LogP contribution in [0.3, 0.4) is 0 Å². The Kier molecular flexibility index (Phi) is 7.74. The quantitative estimate of drug-likeness (QED) is 0.515. The molecule has 0 radical (unpaired) electrons. The standard InChI is InChI=1S/C25H29FN4O4/c1-32-21-8-3-17(15-22(21)33-2)9-12-27-23(31)16-30-13-10-19(11-14-30)25-29-28-24(34-25)18-4-6-20(26)7-5-18/h3-8,15,19H,9-14,16H2,1-2H3,(H,27,31). The van der Waals surface area contributed by atoms with E-state index in [4.69, 9.17) is 13.9 Å². The average Bonchev–Trinajstić information content (AvgIpc) is 3.35. The number of rotatable bonds is 9. The number of piperidine rings is 1. The molecule has 1 saturated heterocycles. The smallest absolute Gasteiger partial charge is 0.247 e. The average molecular weight is 469 g/mol. The fourth-order valence-corrected chi connectivity index (χ4v) is 4.09. The summed E-state index contributed by atoms with van der Waals surface area (Å²) >= 11 is 0. The van der Waals surface area contributed by atoms with E-state index in [1.54, 1.807) is 26.4 Å². The first-order valence-corrected chi connectivity index (χ1v) is 11.3. The Labute approximate surface area is 198 Å². The van der Waals surface area contributed by atoms with Crippen molar-refractivity contribution in [1.82, 2.24) is 20.4 Å². The highest BCUT2D eigenvalue weighted by molar-refractivity contribution is 5.78. The maximum absolute atomic E-state index is 13.1. The van der Waals surface area contributed by atoms with Crippen LogP contribution in [0.25, 0.3) is 11.5 Å². The van der Waals surface area contributed by atoms with Crippen molar-refractivity contribution in [1.29, 1.82) is 0 Å². The molecule has 9 heteroatoms. The number of benzene rings is 2. The maximum atomic E-state index is 13.1. The molecule has 4 rings (SSSR count). The van der Waals surface area contributed by atoms with E-state index in [1.807, 2.05) is 18.2 Å². The van der Waals surface area contributed by atoms with Crippen molar-refractivity contribution < 1.29 is 23.1 Å². The number of carbonyl (C=O) groups excluding carboxylic acids is 1. The summed E-state index contributed by atoms with van der Waals surface area (Å²) in [5, 5.41) is 11.3. The summed E-state index contributed by atoms with van der Waals surface area (Å²) in [5.41, 5.74) is 1.76. The van der Waals surface area contributed by atoms with E-state index in [9.17, 15) is 9.18 Å². The number of methoxy groups -OCH3 is 2. The van der Waals surface area contributed by atoms with Gasteiger partial charge < -0.3 is 19.2 Å². The highest BCUT2D eigenvalue weighted by Gasteiger charge is 2.26. The molecule has 1 aliphatic heterocycles. The van der Waals surface area contributed by atoms with Crippen LogP contribution in [-0.4, -0.2) is 61.4 Å². The van der Waals surface area contributed by atoms with Crippen LogP contribution in [0.15, 0.2) is 46.9 Å². The lowest BCUT2D eigenvalue weighted by atomic mass is 9.97. The first kappa shape index (κ1) is 23.7. The highest BCUT2D eigenvalue weighted by atomic mass is 19.1. The number of hydrogen-bond donors (Lipinski definition) is 1. The van der Waals surface area contributed by atoms with Crippen molar-refractivity contribution in [3.63, 3.8) is 0 Å². The number of hydrogen-bond acceptors (Lipinski definition) is 7. The zero-order chi connectivity index (χ0) is 23.9. The second kappa shape index (κ2) is 11.1. The number of halogens is 1. The third-order valence-electron chi connectivity index (χ3n) is 6.02. The molecule has 1 aromatic heterocycles. The minimum atomic E-state index is -0.305. The Morgan fingerprint density at radius 2 is 1.82 bits per heavy atom. The maximum Gasteiger partial charge on any atom is 0.247 e. The molecule has 0 atom stereocenters. The topological polar surface area (TPSA) is 89.7 Å². The molecular weight excluding hydrogens is 439 g/mol. The van der Waals surface area contributed by atoms with Crippen LogP contribution in [0.2, 0.25) is 0 Å². The molecule has 0 bridgehead atoms. The summed E-state index contributed by atoms with van der Waals surface area (Å²) in [6.45, 7) is 2.48. The van der Waals surface area contributed by atoms with Crippen molar-refractivity contribution in [2.75, 3.05) is 40.4 Å². The number of amides is 1. The third kappa shape index (κ3) is 5.91. The van der Waals surface area contributed by atoms with Gasteiger partial charge in [0, 0.05) is 18.0 Å². The van der Waals surface area contributed by atoms with Crippen molar-refractivity contribution in [3.05, 3.63) is 59.7 Å². The van der Waals surface area contributed by atoms with Gasteiger partial charge in [-0.15, -0.1) is 10.2 Å². The molecule has 1 amide bonds. The Balaban J connectivity index is 1.20. The van der Waals surface area contributed by atoms with Crippen LogP contribution in [0, 0.1) is 5.82 Å². The molecule has 8 nitrogen and oxygen atoms in total. The monoisotopic (exact) mass is 468 g/mol. The number of carbonyl (C=O) groups is 1. The number of nitrogens with zero attached hydrogens (tertiary/aromatic N) is 3. The van der Waals surface area contributed by atoms with Crippen LogP contribution in [-0.2, 0) is 11.2 Å². The van der Waals surface area contributed by atoms with Crippen molar-refractivity contribution >= 4 is 5.91 Å². The van der Waals surface area contributed by atoms with E-state index in [0.29, 0.717) is 48.4 Å². The summed E-state index contributed by atoms with van der Waals surface area (Å²) < 4.78 is 29.5. The third-order valence-corrected chi connectivity index (χ3v) is 6.02. The van der Waals surface area contributed by atoms with Gasteiger partial charge in [0.2, 0.25) is 17.7 Å². The van der Waals surface area contributed by atoms with E-state index in [-0.39, 0.29) is 17.6 Å². The van der Waals surface area contributed by atoms with Gasteiger partial charge in [0.1, 0.15) is 5.82 Å². The van der Waals surface area contributed by atoms with Gasteiger partial charge in [-0.1, -0.05) is 6.07 Å². The first-order chi connectivity index (χ1) is 16.6. The van der Waals surface area contributed by atoms with Gasteiger partial charge >= 0.3 is 0 Å². The fourth-order valence-electron chi connectivity index (χ4n) is 4.09. The van der Waals surface area contributed by atoms with E-state index in [0.717, 1.165) is 31.5 Å². The molecule has 0 saturated carbocycles. The molecule has 1 aliphatic rings. The van der Waals surface area contributed by atoms with E-state index < -0.39 is 0 Å². The Bertz CT molecular complexity index is 1090. The molecule has 34 heavy (non-hydrogen) atoms. The fraction of sp³-hybridized carbons (Fsp3) is 0.400. The summed E-state index contributed by atoms with van der Waals surface area (Å²) in [7, 11) is 3.21. The van der Waals surface area contributed by atoms with Crippen LogP contribution < -0.4 is 14.8 Å². The summed E-state index contributed by atoms with van der Waals surface area (Å²) in [6, 6.07) is 11.8. The minimum absolute atomic E-state index is 0.00955. The van der Waals surface area contributed by atoms with Crippen molar-refractivity contribution in [2.24, 2.45) is 0 Å². The summed E-state index contributed by atoms with van der Waals surface area (Å²) in [5.74, 6) is 2.22. The lowest BCUT2D eigenvalue weighted by Crippen LogP contribution is -2.41. The predicted molar refractivity (Wildman–Crippen MR) is 124 cm³/mol. The summed E-state index contributed by atoms with van der Waals surface area (Å²) in [6.07, 6.45) is 2.38. The molecule has 2 aromatic carbocycles. The van der Waals surface area contributed by atoms with Gasteiger partial charge in [0.15, 0.2) is 11.5 Å². The zero-order valence-electron chi connectivity index (χ0n) is 19.4. The van der Waals surface area contributed by atoms with Gasteiger partial charge in [-0.25, -0.2) is 4.39 Å². The van der Waals surface area contributed by atoms with Crippen LogP contribution >= 0.6 is 0 Å². The number of ether oxygens (including phenoxy) is 2. The van der Waals surface area contributed by atoms with E-state index >= 15 is 0 Å². The van der Waals surface area contributed by atoms with Crippen LogP contribution in [0.4, 0.5) is 4.39 Å². The van der Waals surface area contributed by atoms with Gasteiger partial charge in [-0.3, -0.25) is 9.69 Å². The molecule has 180 valence electrons. The molecule has 3 aromatic rings. The lowest BCUT2D eigenvalue weighted by Gasteiger charge is -2.29. The normalized spacial score (nSPS) is 14.7. The zero-order valence-corrected chi connectivity index (χ0v) is 19.4. The molecule has 0 aliphatic carbocycles. The number of nitrogens with one attached hydrogen (secondary N) is 1. The molecule has 0 spiro atoms. The van der Waals surface area contributed by atoms with Gasteiger partial charge in [-0.2, -0.15) is 0 Å². The highest BCUT2D eigenvalue weighted by Crippen LogP contribution is 2.29. The second-order valence-corrected chi connectivity index (χ2v) is 8.29. The largest absolute Gasteiger partial charge is 0.493 e. The second-order valence-electron chi connectivity index (χ2n) is 8.29. The van der Waals surface area contributed by atoms with Gasteiger partial charge in [-0.05, 0) is 74.3 Å². The molecule has 1 N–H and O–H groups in total. The Morgan fingerprint density at radius 1 is 1.09 bits per heavy atom. The summed E-state index contributed by atoms with van der Waals surface area (Å²) in [4.78, 5) is 14.5. The van der Waals surface area contributed by atoms with Crippen LogP contribution in [0.1, 0.15) is 30.2 Å². The SMILES string of the molecule is COc1ccc(CCNC(=O)CN2CCC(c3nnc(-c4ccc(F)cc4)o3)CC2)cc1OC.